The first-order chi connectivity index (χ1) is 10.2. The lowest BCUT2D eigenvalue weighted by Crippen LogP contribution is -2.27. The van der Waals surface area contributed by atoms with Gasteiger partial charge in [-0.1, -0.05) is 25.8 Å². The van der Waals surface area contributed by atoms with Gasteiger partial charge in [-0.25, -0.2) is 4.98 Å². The predicted octanol–water partition coefficient (Wildman–Crippen LogP) is 2.61. The Morgan fingerprint density at radius 3 is 3.14 bits per heavy atom. The molecule has 1 N–H and O–H groups in total. The van der Waals surface area contributed by atoms with Crippen LogP contribution in [0.1, 0.15) is 38.3 Å². The van der Waals surface area contributed by atoms with Crippen molar-refractivity contribution in [3.8, 4) is 0 Å². The summed E-state index contributed by atoms with van der Waals surface area (Å²) in [6.07, 6.45) is 7.12. The van der Waals surface area contributed by atoms with Crippen LogP contribution in [0, 0.1) is 11.8 Å². The van der Waals surface area contributed by atoms with Crippen LogP contribution in [0.3, 0.4) is 0 Å². The Morgan fingerprint density at radius 1 is 1.38 bits per heavy atom. The molecule has 0 radical (unpaired) electrons. The van der Waals surface area contributed by atoms with Crippen molar-refractivity contribution in [1.29, 1.82) is 0 Å². The van der Waals surface area contributed by atoms with Crippen molar-refractivity contribution >= 4 is 5.65 Å². The lowest BCUT2D eigenvalue weighted by molar-refractivity contribution is 0.274. The van der Waals surface area contributed by atoms with E-state index in [2.05, 4.69) is 17.2 Å². The van der Waals surface area contributed by atoms with Crippen molar-refractivity contribution in [3.63, 3.8) is 0 Å². The third kappa shape index (κ3) is 3.50. The predicted molar refractivity (Wildman–Crippen MR) is 84.3 cm³/mol. The Labute approximate surface area is 125 Å². The van der Waals surface area contributed by atoms with Crippen LogP contribution < -0.4 is 10.9 Å². The molecule has 1 aliphatic carbocycles. The van der Waals surface area contributed by atoms with Crippen molar-refractivity contribution in [2.45, 2.75) is 39.2 Å². The van der Waals surface area contributed by atoms with E-state index in [0.29, 0.717) is 12.2 Å². The topological polar surface area (TPSA) is 46.4 Å². The second-order valence-corrected chi connectivity index (χ2v) is 6.28. The smallest absolute Gasteiger partial charge is 0.258 e. The summed E-state index contributed by atoms with van der Waals surface area (Å²) in [5.41, 5.74) is 1.53. The van der Waals surface area contributed by atoms with Crippen molar-refractivity contribution < 1.29 is 0 Å². The quantitative estimate of drug-likeness (QED) is 0.939. The van der Waals surface area contributed by atoms with Crippen LogP contribution in [-0.4, -0.2) is 15.9 Å². The van der Waals surface area contributed by atoms with Gasteiger partial charge in [0.2, 0.25) is 0 Å². The Bertz CT molecular complexity index is 664. The fourth-order valence-electron chi connectivity index (χ4n) is 3.34. The summed E-state index contributed by atoms with van der Waals surface area (Å²) < 4.78 is 1.58. The standard InChI is InChI=1S/C17H23N3O/c1-13-5-4-6-14(9-13)11-18-12-15-10-17(21)20-8-3-2-7-16(20)19-15/h2-3,7-8,10,13-14,18H,4-6,9,11-12H2,1H3. The fourth-order valence-corrected chi connectivity index (χ4v) is 3.34. The summed E-state index contributed by atoms with van der Waals surface area (Å²) in [5, 5.41) is 3.47. The number of rotatable bonds is 4. The zero-order chi connectivity index (χ0) is 14.7. The average Bonchev–Trinajstić information content (AvgIpc) is 2.47. The van der Waals surface area contributed by atoms with E-state index in [1.54, 1.807) is 16.7 Å². The van der Waals surface area contributed by atoms with E-state index in [0.717, 1.165) is 24.1 Å². The molecule has 3 rings (SSSR count). The maximum absolute atomic E-state index is 12.0. The van der Waals surface area contributed by atoms with Crippen LogP contribution in [-0.2, 0) is 6.54 Å². The molecular formula is C17H23N3O. The molecule has 2 aromatic rings. The van der Waals surface area contributed by atoms with Crippen molar-refractivity contribution in [2.75, 3.05) is 6.54 Å². The van der Waals surface area contributed by atoms with E-state index in [1.807, 2.05) is 18.2 Å². The highest BCUT2D eigenvalue weighted by Gasteiger charge is 2.18. The second-order valence-electron chi connectivity index (χ2n) is 6.28. The SMILES string of the molecule is CC1CCCC(CNCc2cc(=O)n3ccccc3n2)C1. The minimum absolute atomic E-state index is 0.0105. The number of pyridine rings is 1. The van der Waals surface area contributed by atoms with E-state index < -0.39 is 0 Å². The maximum Gasteiger partial charge on any atom is 0.258 e. The molecule has 0 aliphatic heterocycles. The molecule has 1 aliphatic rings. The van der Waals surface area contributed by atoms with Crippen molar-refractivity contribution in [1.82, 2.24) is 14.7 Å². The van der Waals surface area contributed by atoms with E-state index in [1.165, 1.54) is 25.7 Å². The Hall–Kier alpha value is -1.68. The maximum atomic E-state index is 12.0. The molecular weight excluding hydrogens is 262 g/mol. The molecule has 112 valence electrons. The molecule has 1 fully saturated rings. The van der Waals surface area contributed by atoms with E-state index in [-0.39, 0.29) is 5.56 Å². The minimum Gasteiger partial charge on any atom is -0.311 e. The summed E-state index contributed by atoms with van der Waals surface area (Å²) >= 11 is 0. The van der Waals surface area contributed by atoms with Crippen LogP contribution in [0.2, 0.25) is 0 Å². The third-order valence-electron chi connectivity index (χ3n) is 4.41. The number of nitrogens with zero attached hydrogens (tertiary/aromatic N) is 2. The zero-order valence-corrected chi connectivity index (χ0v) is 12.6. The molecule has 0 bridgehead atoms. The fraction of sp³-hybridized carbons (Fsp3) is 0.529. The highest BCUT2D eigenvalue weighted by atomic mass is 16.1. The number of nitrogens with one attached hydrogen (secondary N) is 1. The van der Waals surface area contributed by atoms with Gasteiger partial charge in [0, 0.05) is 18.8 Å². The molecule has 21 heavy (non-hydrogen) atoms. The molecule has 0 spiro atoms. The van der Waals surface area contributed by atoms with Gasteiger partial charge in [0.15, 0.2) is 0 Å². The van der Waals surface area contributed by atoms with Gasteiger partial charge in [-0.3, -0.25) is 9.20 Å². The first-order valence-corrected chi connectivity index (χ1v) is 7.90. The van der Waals surface area contributed by atoms with Crippen molar-refractivity contribution in [3.05, 3.63) is 46.5 Å². The Kier molecular flexibility index (Phi) is 4.34. The van der Waals surface area contributed by atoms with Crippen LogP contribution in [0.25, 0.3) is 5.65 Å². The van der Waals surface area contributed by atoms with Gasteiger partial charge in [0.05, 0.1) is 5.69 Å². The molecule has 0 saturated heterocycles. The normalized spacial score (nSPS) is 22.5. The number of hydrogen-bond acceptors (Lipinski definition) is 3. The molecule has 2 atom stereocenters. The van der Waals surface area contributed by atoms with Gasteiger partial charge >= 0.3 is 0 Å². The minimum atomic E-state index is -0.0105. The van der Waals surface area contributed by atoms with Crippen LogP contribution >= 0.6 is 0 Å². The van der Waals surface area contributed by atoms with Gasteiger partial charge < -0.3 is 5.32 Å². The molecule has 4 heteroatoms. The molecule has 0 amide bonds. The largest absolute Gasteiger partial charge is 0.311 e. The van der Waals surface area contributed by atoms with Gasteiger partial charge in [-0.2, -0.15) is 0 Å². The third-order valence-corrected chi connectivity index (χ3v) is 4.41. The monoisotopic (exact) mass is 285 g/mol. The highest BCUT2D eigenvalue weighted by Crippen LogP contribution is 2.27. The number of fused-ring (bicyclic) bond motifs is 1. The summed E-state index contributed by atoms with van der Waals surface area (Å²) in [4.78, 5) is 16.5. The second kappa shape index (κ2) is 6.39. The van der Waals surface area contributed by atoms with Crippen LogP contribution in [0.15, 0.2) is 35.3 Å². The summed E-state index contributed by atoms with van der Waals surface area (Å²) in [7, 11) is 0. The molecule has 4 nitrogen and oxygen atoms in total. The first-order valence-electron chi connectivity index (χ1n) is 7.90. The van der Waals surface area contributed by atoms with Gasteiger partial charge in [0.1, 0.15) is 5.65 Å². The van der Waals surface area contributed by atoms with E-state index >= 15 is 0 Å². The molecule has 2 unspecified atom stereocenters. The summed E-state index contributed by atoms with van der Waals surface area (Å²) in [6.45, 7) is 4.05. The van der Waals surface area contributed by atoms with Crippen LogP contribution in [0.4, 0.5) is 0 Å². The molecule has 2 aromatic heterocycles. The number of hydrogen-bond donors (Lipinski definition) is 1. The van der Waals surface area contributed by atoms with Crippen LogP contribution in [0.5, 0.6) is 0 Å². The lowest BCUT2D eigenvalue weighted by atomic mass is 9.82. The molecule has 2 heterocycles. The average molecular weight is 285 g/mol. The van der Waals surface area contributed by atoms with Gasteiger partial charge in [-0.05, 0) is 43.4 Å². The Balaban J connectivity index is 1.61. The van der Waals surface area contributed by atoms with E-state index in [9.17, 15) is 4.79 Å². The van der Waals surface area contributed by atoms with Gasteiger partial charge in [0.25, 0.3) is 5.56 Å². The molecule has 0 aromatic carbocycles. The van der Waals surface area contributed by atoms with E-state index in [4.69, 9.17) is 0 Å². The lowest BCUT2D eigenvalue weighted by Gasteiger charge is -2.26. The Morgan fingerprint density at radius 2 is 2.29 bits per heavy atom. The first kappa shape index (κ1) is 14.3. The zero-order valence-electron chi connectivity index (χ0n) is 12.6. The highest BCUT2D eigenvalue weighted by molar-refractivity contribution is 5.37. The summed E-state index contributed by atoms with van der Waals surface area (Å²) in [6, 6.07) is 7.25. The molecule has 1 saturated carbocycles. The van der Waals surface area contributed by atoms with Crippen molar-refractivity contribution in [2.24, 2.45) is 11.8 Å². The number of aromatic nitrogens is 2. The van der Waals surface area contributed by atoms with Gasteiger partial charge in [-0.15, -0.1) is 0 Å². The summed E-state index contributed by atoms with van der Waals surface area (Å²) in [5.74, 6) is 1.63.